The molecule has 2 rings (SSSR count). The quantitative estimate of drug-likeness (QED) is 0.898. The zero-order valence-corrected chi connectivity index (χ0v) is 11.3. The lowest BCUT2D eigenvalue weighted by Gasteiger charge is -2.05. The maximum absolute atomic E-state index is 5.08. The molecule has 0 saturated heterocycles. The maximum atomic E-state index is 5.08. The van der Waals surface area contributed by atoms with Crippen molar-refractivity contribution in [3.63, 3.8) is 0 Å². The van der Waals surface area contributed by atoms with E-state index in [1.54, 1.807) is 13.3 Å². The Morgan fingerprint density at radius 1 is 1.06 bits per heavy atom. The minimum atomic E-state index is 0.602. The van der Waals surface area contributed by atoms with Crippen molar-refractivity contribution >= 4 is 11.6 Å². The Labute approximate surface area is 108 Å². The van der Waals surface area contributed by atoms with Gasteiger partial charge in [0.2, 0.25) is 5.95 Å². The van der Waals surface area contributed by atoms with E-state index in [-0.39, 0.29) is 0 Å². The second-order valence-corrected chi connectivity index (χ2v) is 3.38. The summed E-state index contributed by atoms with van der Waals surface area (Å²) in [7, 11) is 1.64. The van der Waals surface area contributed by atoms with Gasteiger partial charge in [0.25, 0.3) is 0 Å². The Morgan fingerprint density at radius 2 is 1.72 bits per heavy atom. The third-order valence-electron chi connectivity index (χ3n) is 2.14. The number of hydrogen-bond acceptors (Lipinski definition) is 4. The average molecular weight is 245 g/mol. The van der Waals surface area contributed by atoms with E-state index in [1.807, 2.05) is 51.1 Å². The molecule has 1 heterocycles. The van der Waals surface area contributed by atoms with E-state index in [0.717, 1.165) is 17.1 Å². The Morgan fingerprint density at radius 3 is 2.28 bits per heavy atom. The van der Waals surface area contributed by atoms with Crippen LogP contribution in [0.4, 0.5) is 11.6 Å². The lowest BCUT2D eigenvalue weighted by atomic mass is 10.3. The fourth-order valence-electron chi connectivity index (χ4n) is 1.31. The van der Waals surface area contributed by atoms with E-state index in [2.05, 4.69) is 15.3 Å². The van der Waals surface area contributed by atoms with Gasteiger partial charge in [-0.3, -0.25) is 0 Å². The highest BCUT2D eigenvalue weighted by molar-refractivity contribution is 5.54. The molecule has 1 N–H and O–H groups in total. The van der Waals surface area contributed by atoms with E-state index in [0.29, 0.717) is 5.95 Å². The second-order valence-electron chi connectivity index (χ2n) is 3.38. The molecule has 0 aliphatic rings. The summed E-state index contributed by atoms with van der Waals surface area (Å²) >= 11 is 0. The Kier molecular flexibility index (Phi) is 5.64. The molecule has 0 radical (unpaired) electrons. The summed E-state index contributed by atoms with van der Waals surface area (Å²) in [6, 6.07) is 9.48. The van der Waals surface area contributed by atoms with Crippen LogP contribution in [0.15, 0.2) is 36.5 Å². The smallest absolute Gasteiger partial charge is 0.227 e. The molecule has 2 aromatic rings. The molecular formula is C14H19N3O. The molecule has 96 valence electrons. The molecule has 0 saturated carbocycles. The number of hydrogen-bond donors (Lipinski definition) is 1. The van der Waals surface area contributed by atoms with Gasteiger partial charge in [0.1, 0.15) is 5.75 Å². The molecule has 0 amide bonds. The van der Waals surface area contributed by atoms with Gasteiger partial charge in [-0.25, -0.2) is 9.97 Å². The summed E-state index contributed by atoms with van der Waals surface area (Å²) < 4.78 is 5.08. The van der Waals surface area contributed by atoms with Crippen LogP contribution in [-0.2, 0) is 0 Å². The minimum Gasteiger partial charge on any atom is -0.497 e. The first-order valence-electron chi connectivity index (χ1n) is 5.98. The summed E-state index contributed by atoms with van der Waals surface area (Å²) in [6.07, 6.45) is 1.73. The van der Waals surface area contributed by atoms with Crippen LogP contribution in [0, 0.1) is 6.92 Å². The predicted octanol–water partition coefficient (Wildman–Crippen LogP) is 3.56. The van der Waals surface area contributed by atoms with Crippen molar-refractivity contribution < 1.29 is 4.74 Å². The second kappa shape index (κ2) is 7.27. The van der Waals surface area contributed by atoms with Gasteiger partial charge in [-0.1, -0.05) is 13.8 Å². The third-order valence-corrected chi connectivity index (χ3v) is 2.14. The monoisotopic (exact) mass is 245 g/mol. The number of benzene rings is 1. The fourth-order valence-corrected chi connectivity index (χ4v) is 1.31. The SMILES string of the molecule is CC.COc1ccc(Nc2nccc(C)n2)cc1. The van der Waals surface area contributed by atoms with Gasteiger partial charge in [-0.2, -0.15) is 0 Å². The molecule has 0 aliphatic heterocycles. The molecular weight excluding hydrogens is 226 g/mol. The molecule has 18 heavy (non-hydrogen) atoms. The minimum absolute atomic E-state index is 0.602. The number of aromatic nitrogens is 2. The third kappa shape index (κ3) is 4.05. The van der Waals surface area contributed by atoms with Crippen LogP contribution in [0.5, 0.6) is 5.75 Å². The highest BCUT2D eigenvalue weighted by atomic mass is 16.5. The van der Waals surface area contributed by atoms with Crippen molar-refractivity contribution in [2.75, 3.05) is 12.4 Å². The van der Waals surface area contributed by atoms with Crippen molar-refractivity contribution in [3.8, 4) is 5.75 Å². The van der Waals surface area contributed by atoms with E-state index in [1.165, 1.54) is 0 Å². The number of rotatable bonds is 3. The Bertz CT molecular complexity index is 469. The molecule has 4 nitrogen and oxygen atoms in total. The predicted molar refractivity (Wildman–Crippen MR) is 74.4 cm³/mol. The first-order chi connectivity index (χ1) is 8.78. The number of nitrogens with one attached hydrogen (secondary N) is 1. The Hall–Kier alpha value is -2.10. The molecule has 0 atom stereocenters. The van der Waals surface area contributed by atoms with Gasteiger partial charge >= 0.3 is 0 Å². The van der Waals surface area contributed by atoms with Gasteiger partial charge in [-0.15, -0.1) is 0 Å². The van der Waals surface area contributed by atoms with Crippen molar-refractivity contribution in [3.05, 3.63) is 42.2 Å². The van der Waals surface area contributed by atoms with E-state index < -0.39 is 0 Å². The highest BCUT2D eigenvalue weighted by Gasteiger charge is 1.97. The summed E-state index contributed by atoms with van der Waals surface area (Å²) in [6.45, 7) is 5.93. The van der Waals surface area contributed by atoms with Gasteiger partial charge in [0.15, 0.2) is 0 Å². The van der Waals surface area contributed by atoms with E-state index >= 15 is 0 Å². The van der Waals surface area contributed by atoms with Crippen LogP contribution in [0.25, 0.3) is 0 Å². The molecule has 0 unspecified atom stereocenters. The van der Waals surface area contributed by atoms with Crippen LogP contribution in [0.1, 0.15) is 19.5 Å². The molecule has 4 heteroatoms. The van der Waals surface area contributed by atoms with Crippen LogP contribution >= 0.6 is 0 Å². The lowest BCUT2D eigenvalue weighted by molar-refractivity contribution is 0.415. The summed E-state index contributed by atoms with van der Waals surface area (Å²) in [5, 5.41) is 3.12. The number of methoxy groups -OCH3 is 1. The molecule has 0 aliphatic carbocycles. The zero-order chi connectivity index (χ0) is 13.4. The summed E-state index contributed by atoms with van der Waals surface area (Å²) in [4.78, 5) is 8.38. The van der Waals surface area contributed by atoms with Gasteiger partial charge in [-0.05, 0) is 37.3 Å². The van der Waals surface area contributed by atoms with Crippen LogP contribution in [0.3, 0.4) is 0 Å². The van der Waals surface area contributed by atoms with E-state index in [9.17, 15) is 0 Å². The van der Waals surface area contributed by atoms with Gasteiger partial charge in [0, 0.05) is 17.6 Å². The number of ether oxygens (including phenoxy) is 1. The first kappa shape index (κ1) is 14.0. The normalized spacial score (nSPS) is 9.11. The molecule has 0 bridgehead atoms. The standard InChI is InChI=1S/C12H13N3O.C2H6/c1-9-7-8-13-12(14-9)15-10-3-5-11(16-2)6-4-10;1-2/h3-8H,1-2H3,(H,13,14,15);1-2H3. The summed E-state index contributed by atoms with van der Waals surface area (Å²) in [5.74, 6) is 1.43. The van der Waals surface area contributed by atoms with Crippen LogP contribution in [-0.4, -0.2) is 17.1 Å². The molecule has 1 aromatic heterocycles. The van der Waals surface area contributed by atoms with Gasteiger partial charge in [0.05, 0.1) is 7.11 Å². The molecule has 1 aromatic carbocycles. The van der Waals surface area contributed by atoms with E-state index in [4.69, 9.17) is 4.74 Å². The van der Waals surface area contributed by atoms with Crippen molar-refractivity contribution in [1.29, 1.82) is 0 Å². The van der Waals surface area contributed by atoms with Crippen molar-refractivity contribution in [2.24, 2.45) is 0 Å². The van der Waals surface area contributed by atoms with Crippen molar-refractivity contribution in [2.45, 2.75) is 20.8 Å². The summed E-state index contributed by atoms with van der Waals surface area (Å²) in [5.41, 5.74) is 1.87. The largest absolute Gasteiger partial charge is 0.497 e. The molecule has 0 spiro atoms. The average Bonchev–Trinajstić information content (AvgIpc) is 2.42. The fraction of sp³-hybridized carbons (Fsp3) is 0.286. The maximum Gasteiger partial charge on any atom is 0.227 e. The zero-order valence-electron chi connectivity index (χ0n) is 11.3. The Balaban J connectivity index is 0.000000771. The lowest BCUT2D eigenvalue weighted by Crippen LogP contribution is -1.97. The number of aryl methyl sites for hydroxylation is 1. The number of anilines is 2. The van der Waals surface area contributed by atoms with Crippen molar-refractivity contribution in [1.82, 2.24) is 9.97 Å². The number of nitrogens with zero attached hydrogens (tertiary/aromatic N) is 2. The van der Waals surface area contributed by atoms with Crippen LogP contribution in [0.2, 0.25) is 0 Å². The van der Waals surface area contributed by atoms with Crippen LogP contribution < -0.4 is 10.1 Å². The first-order valence-corrected chi connectivity index (χ1v) is 5.98. The topological polar surface area (TPSA) is 47.0 Å². The molecule has 0 fully saturated rings. The van der Waals surface area contributed by atoms with Gasteiger partial charge < -0.3 is 10.1 Å². The highest BCUT2D eigenvalue weighted by Crippen LogP contribution is 2.17.